The number of rotatable bonds is 7. The van der Waals surface area contributed by atoms with Crippen molar-refractivity contribution in [3.8, 4) is 11.5 Å². The van der Waals surface area contributed by atoms with E-state index < -0.39 is 0 Å². The van der Waals surface area contributed by atoms with Gasteiger partial charge in [0, 0.05) is 22.5 Å². The lowest BCUT2D eigenvalue weighted by molar-refractivity contribution is 0.245. The van der Waals surface area contributed by atoms with Crippen molar-refractivity contribution < 1.29 is 9.47 Å². The van der Waals surface area contributed by atoms with Crippen LogP contribution in [0.5, 0.6) is 11.5 Å². The van der Waals surface area contributed by atoms with Crippen LogP contribution in [0.25, 0.3) is 0 Å². The van der Waals surface area contributed by atoms with Gasteiger partial charge in [-0.25, -0.2) is 0 Å². The molecule has 0 spiro atoms. The van der Waals surface area contributed by atoms with E-state index in [1.54, 1.807) is 0 Å². The first-order chi connectivity index (χ1) is 10.2. The maximum Gasteiger partial charge on any atom is 0.125 e. The zero-order chi connectivity index (χ0) is 15.1. The molecule has 0 heterocycles. The van der Waals surface area contributed by atoms with Gasteiger partial charge in [-0.1, -0.05) is 40.2 Å². The standard InChI is InChI=1S/C17H20BrNO2/c1-13(19)16-9-8-14(18)12-17(16)21-11-5-10-20-15-6-3-2-4-7-15/h2-4,6-9,12-13H,5,10-11,19H2,1H3. The highest BCUT2D eigenvalue weighted by atomic mass is 79.9. The Labute approximate surface area is 134 Å². The van der Waals surface area contributed by atoms with E-state index in [0.29, 0.717) is 13.2 Å². The minimum atomic E-state index is -0.0475. The SMILES string of the molecule is CC(N)c1ccc(Br)cc1OCCCOc1ccccc1. The Morgan fingerprint density at radius 3 is 2.48 bits per heavy atom. The third-order valence-corrected chi connectivity index (χ3v) is 3.52. The Hall–Kier alpha value is -1.52. The zero-order valence-electron chi connectivity index (χ0n) is 12.1. The van der Waals surface area contributed by atoms with E-state index in [0.717, 1.165) is 28.0 Å². The van der Waals surface area contributed by atoms with Gasteiger partial charge in [-0.05, 0) is 31.2 Å². The van der Waals surface area contributed by atoms with Crippen LogP contribution in [0.4, 0.5) is 0 Å². The van der Waals surface area contributed by atoms with Crippen molar-refractivity contribution in [3.63, 3.8) is 0 Å². The topological polar surface area (TPSA) is 44.5 Å². The van der Waals surface area contributed by atoms with Crippen molar-refractivity contribution >= 4 is 15.9 Å². The van der Waals surface area contributed by atoms with Gasteiger partial charge in [0.05, 0.1) is 13.2 Å². The summed E-state index contributed by atoms with van der Waals surface area (Å²) in [5.74, 6) is 1.72. The molecule has 0 saturated carbocycles. The van der Waals surface area contributed by atoms with Gasteiger partial charge in [-0.2, -0.15) is 0 Å². The first-order valence-corrected chi connectivity index (χ1v) is 7.82. The second-order valence-electron chi connectivity index (χ2n) is 4.83. The third-order valence-electron chi connectivity index (χ3n) is 3.02. The van der Waals surface area contributed by atoms with Gasteiger partial charge in [0.1, 0.15) is 11.5 Å². The zero-order valence-corrected chi connectivity index (χ0v) is 13.7. The van der Waals surface area contributed by atoms with Crippen LogP contribution in [0.2, 0.25) is 0 Å². The van der Waals surface area contributed by atoms with Crippen LogP contribution in [0.1, 0.15) is 24.9 Å². The van der Waals surface area contributed by atoms with E-state index in [1.807, 2.05) is 55.5 Å². The van der Waals surface area contributed by atoms with Gasteiger partial charge in [0.25, 0.3) is 0 Å². The van der Waals surface area contributed by atoms with Crippen LogP contribution < -0.4 is 15.2 Å². The Morgan fingerprint density at radius 2 is 1.76 bits per heavy atom. The van der Waals surface area contributed by atoms with Crippen molar-refractivity contribution in [2.24, 2.45) is 5.73 Å². The molecule has 0 radical (unpaired) electrons. The number of nitrogens with two attached hydrogens (primary N) is 1. The molecular weight excluding hydrogens is 330 g/mol. The average Bonchev–Trinajstić information content (AvgIpc) is 2.48. The fourth-order valence-electron chi connectivity index (χ4n) is 1.96. The van der Waals surface area contributed by atoms with Gasteiger partial charge < -0.3 is 15.2 Å². The van der Waals surface area contributed by atoms with E-state index in [2.05, 4.69) is 15.9 Å². The summed E-state index contributed by atoms with van der Waals surface area (Å²) in [7, 11) is 0. The number of hydrogen-bond donors (Lipinski definition) is 1. The molecule has 2 N–H and O–H groups in total. The Kier molecular flexibility index (Phi) is 6.08. The molecule has 4 heteroatoms. The molecule has 0 bridgehead atoms. The lowest BCUT2D eigenvalue weighted by Gasteiger charge is -2.14. The quantitative estimate of drug-likeness (QED) is 0.757. The summed E-state index contributed by atoms with van der Waals surface area (Å²) in [6.45, 7) is 3.18. The lowest BCUT2D eigenvalue weighted by atomic mass is 10.1. The third kappa shape index (κ3) is 5.06. The fourth-order valence-corrected chi connectivity index (χ4v) is 2.30. The molecule has 3 nitrogen and oxygen atoms in total. The molecule has 0 fully saturated rings. The molecule has 2 rings (SSSR count). The second-order valence-corrected chi connectivity index (χ2v) is 5.75. The molecule has 0 aromatic heterocycles. The minimum absolute atomic E-state index is 0.0475. The van der Waals surface area contributed by atoms with E-state index in [-0.39, 0.29) is 6.04 Å². The van der Waals surface area contributed by atoms with Crippen LogP contribution in [-0.4, -0.2) is 13.2 Å². The summed E-state index contributed by atoms with van der Waals surface area (Å²) >= 11 is 3.45. The van der Waals surface area contributed by atoms with E-state index in [1.165, 1.54) is 0 Å². The second kappa shape index (κ2) is 8.05. The highest BCUT2D eigenvalue weighted by Gasteiger charge is 2.08. The van der Waals surface area contributed by atoms with Crippen molar-refractivity contribution in [2.75, 3.05) is 13.2 Å². The van der Waals surface area contributed by atoms with Crippen molar-refractivity contribution in [3.05, 3.63) is 58.6 Å². The van der Waals surface area contributed by atoms with Crippen LogP contribution in [0.3, 0.4) is 0 Å². The number of benzene rings is 2. The molecule has 0 aliphatic rings. The Morgan fingerprint density at radius 1 is 1.05 bits per heavy atom. The summed E-state index contributed by atoms with van der Waals surface area (Å²) < 4.78 is 12.4. The first kappa shape index (κ1) is 15.9. The maximum atomic E-state index is 5.95. The van der Waals surface area contributed by atoms with E-state index >= 15 is 0 Å². The minimum Gasteiger partial charge on any atom is -0.493 e. The average molecular weight is 350 g/mol. The Bertz CT molecular complexity index is 558. The predicted molar refractivity (Wildman–Crippen MR) is 88.8 cm³/mol. The van der Waals surface area contributed by atoms with Gasteiger partial charge in [-0.15, -0.1) is 0 Å². The number of ether oxygens (including phenoxy) is 2. The molecule has 0 amide bonds. The Balaban J connectivity index is 1.79. The van der Waals surface area contributed by atoms with Crippen LogP contribution >= 0.6 is 15.9 Å². The molecule has 112 valence electrons. The normalized spacial score (nSPS) is 12.0. The molecule has 0 aliphatic carbocycles. The van der Waals surface area contributed by atoms with Crippen LogP contribution in [0.15, 0.2) is 53.0 Å². The highest BCUT2D eigenvalue weighted by Crippen LogP contribution is 2.27. The van der Waals surface area contributed by atoms with Crippen molar-refractivity contribution in [1.82, 2.24) is 0 Å². The fraction of sp³-hybridized carbons (Fsp3) is 0.294. The predicted octanol–water partition coefficient (Wildman–Crippen LogP) is 4.32. The van der Waals surface area contributed by atoms with Crippen molar-refractivity contribution in [1.29, 1.82) is 0 Å². The largest absolute Gasteiger partial charge is 0.493 e. The summed E-state index contributed by atoms with van der Waals surface area (Å²) in [5.41, 5.74) is 6.97. The molecule has 2 aromatic rings. The molecule has 0 aliphatic heterocycles. The first-order valence-electron chi connectivity index (χ1n) is 7.02. The molecular formula is C17H20BrNO2. The molecule has 1 atom stereocenters. The summed E-state index contributed by atoms with van der Waals surface area (Å²) in [5, 5.41) is 0. The van der Waals surface area contributed by atoms with Crippen molar-refractivity contribution in [2.45, 2.75) is 19.4 Å². The number of hydrogen-bond acceptors (Lipinski definition) is 3. The van der Waals surface area contributed by atoms with Crippen LogP contribution in [-0.2, 0) is 0 Å². The lowest BCUT2D eigenvalue weighted by Crippen LogP contribution is -2.10. The van der Waals surface area contributed by atoms with E-state index in [4.69, 9.17) is 15.2 Å². The number of para-hydroxylation sites is 1. The summed E-state index contributed by atoms with van der Waals surface area (Å²) in [6.07, 6.45) is 0.819. The molecule has 21 heavy (non-hydrogen) atoms. The summed E-state index contributed by atoms with van der Waals surface area (Å²) in [6, 6.07) is 15.7. The molecule has 2 aromatic carbocycles. The van der Waals surface area contributed by atoms with E-state index in [9.17, 15) is 0 Å². The monoisotopic (exact) mass is 349 g/mol. The maximum absolute atomic E-state index is 5.95. The van der Waals surface area contributed by atoms with Gasteiger partial charge in [0.15, 0.2) is 0 Å². The molecule has 1 unspecified atom stereocenters. The van der Waals surface area contributed by atoms with Gasteiger partial charge in [-0.3, -0.25) is 0 Å². The van der Waals surface area contributed by atoms with Gasteiger partial charge in [0.2, 0.25) is 0 Å². The number of halogens is 1. The van der Waals surface area contributed by atoms with Gasteiger partial charge >= 0.3 is 0 Å². The highest BCUT2D eigenvalue weighted by molar-refractivity contribution is 9.10. The van der Waals surface area contributed by atoms with Crippen LogP contribution in [0, 0.1) is 0 Å². The molecule has 0 saturated heterocycles. The summed E-state index contributed by atoms with van der Waals surface area (Å²) in [4.78, 5) is 0. The smallest absolute Gasteiger partial charge is 0.125 e.